The van der Waals surface area contributed by atoms with Crippen LogP contribution in [0.5, 0.6) is 11.5 Å². The Balaban J connectivity index is 1.68. The highest BCUT2D eigenvalue weighted by Crippen LogP contribution is 2.43. The van der Waals surface area contributed by atoms with Gasteiger partial charge in [-0.05, 0) is 60.7 Å². The molecule has 5 rings (SSSR count). The van der Waals surface area contributed by atoms with E-state index in [1.807, 2.05) is 79.1 Å². The summed E-state index contributed by atoms with van der Waals surface area (Å²) < 4.78 is 13.3. The third-order valence-corrected chi connectivity index (χ3v) is 6.17. The van der Waals surface area contributed by atoms with E-state index in [4.69, 9.17) is 21.7 Å². The molecule has 0 amide bonds. The number of aromatic nitrogens is 2. The van der Waals surface area contributed by atoms with Crippen molar-refractivity contribution in [2.24, 2.45) is 0 Å². The molecule has 3 heterocycles. The summed E-state index contributed by atoms with van der Waals surface area (Å²) in [6, 6.07) is 25.7. The highest BCUT2D eigenvalue weighted by Gasteiger charge is 2.42. The van der Waals surface area contributed by atoms with Crippen LogP contribution in [0, 0.1) is 0 Å². The Kier molecular flexibility index (Phi) is 5.71. The van der Waals surface area contributed by atoms with Gasteiger partial charge in [0.25, 0.3) is 0 Å². The van der Waals surface area contributed by atoms with E-state index in [2.05, 4.69) is 31.9 Å². The molecule has 7 heteroatoms. The van der Waals surface area contributed by atoms with Crippen molar-refractivity contribution in [1.82, 2.24) is 14.9 Å². The molecule has 1 aliphatic rings. The Morgan fingerprint density at radius 1 is 0.909 bits per heavy atom. The lowest BCUT2D eigenvalue weighted by atomic mass is 10.0. The lowest BCUT2D eigenvalue weighted by Crippen LogP contribution is -2.30. The molecule has 0 unspecified atom stereocenters. The summed E-state index contributed by atoms with van der Waals surface area (Å²) in [5, 5.41) is 4.15. The maximum Gasteiger partial charge on any atom is 0.174 e. The average molecular weight is 457 g/mol. The van der Waals surface area contributed by atoms with Gasteiger partial charge in [0, 0.05) is 29.8 Å². The minimum Gasteiger partial charge on any atom is -0.497 e. The Hall–Kier alpha value is -3.84. The lowest BCUT2D eigenvalue weighted by Gasteiger charge is -2.29. The second-order valence-electron chi connectivity index (χ2n) is 7.67. The minimum absolute atomic E-state index is 0.145. The van der Waals surface area contributed by atoms with Gasteiger partial charge in [0.1, 0.15) is 17.5 Å². The second kappa shape index (κ2) is 8.96. The number of pyridine rings is 1. The standard InChI is InChI=1S/C26H24N4O2S/c1-31-19-10-7-9-18(17-19)30-25(24(28-26(30)33)20-11-5-6-15-27-20)22-13-8-16-29(22)21-12-3-4-14-23(21)32-2/h3-17,24-25H,1-2H3,(H,28,33)/t24-,25+/m1/s1. The van der Waals surface area contributed by atoms with Crippen molar-refractivity contribution >= 4 is 23.0 Å². The normalized spacial score (nSPS) is 17.6. The zero-order chi connectivity index (χ0) is 22.8. The maximum atomic E-state index is 5.85. The lowest BCUT2D eigenvalue weighted by molar-refractivity contribution is 0.412. The summed E-state index contributed by atoms with van der Waals surface area (Å²) in [6.45, 7) is 0. The van der Waals surface area contributed by atoms with Gasteiger partial charge in [-0.15, -0.1) is 0 Å². The molecule has 0 aliphatic carbocycles. The van der Waals surface area contributed by atoms with Crippen LogP contribution in [-0.4, -0.2) is 28.9 Å². The number of benzene rings is 2. The van der Waals surface area contributed by atoms with Gasteiger partial charge >= 0.3 is 0 Å². The van der Waals surface area contributed by atoms with E-state index in [1.165, 1.54) is 0 Å². The third-order valence-electron chi connectivity index (χ3n) is 5.86. The maximum absolute atomic E-state index is 5.85. The van der Waals surface area contributed by atoms with E-state index in [0.29, 0.717) is 5.11 Å². The fourth-order valence-corrected chi connectivity index (χ4v) is 4.72. The number of methoxy groups -OCH3 is 2. The van der Waals surface area contributed by atoms with Crippen molar-refractivity contribution in [3.8, 4) is 17.2 Å². The highest BCUT2D eigenvalue weighted by molar-refractivity contribution is 7.80. The summed E-state index contributed by atoms with van der Waals surface area (Å²) in [5.74, 6) is 1.57. The fourth-order valence-electron chi connectivity index (χ4n) is 4.38. The molecule has 2 aromatic heterocycles. The van der Waals surface area contributed by atoms with Crippen LogP contribution in [0.2, 0.25) is 0 Å². The molecule has 0 saturated carbocycles. The summed E-state index contributed by atoms with van der Waals surface area (Å²) in [7, 11) is 3.36. The first-order valence-corrected chi connectivity index (χ1v) is 11.1. The van der Waals surface area contributed by atoms with E-state index < -0.39 is 0 Å². The molecule has 6 nitrogen and oxygen atoms in total. The number of nitrogens with zero attached hydrogens (tertiary/aromatic N) is 3. The average Bonchev–Trinajstić information content (AvgIpc) is 3.48. The number of ether oxygens (including phenoxy) is 2. The van der Waals surface area contributed by atoms with Gasteiger partial charge in [-0.1, -0.05) is 24.3 Å². The fraction of sp³-hybridized carbons (Fsp3) is 0.154. The molecular formula is C26H24N4O2S. The van der Waals surface area contributed by atoms with Crippen LogP contribution in [0.1, 0.15) is 23.5 Å². The van der Waals surface area contributed by atoms with Crippen LogP contribution in [0.3, 0.4) is 0 Å². The molecule has 1 saturated heterocycles. The molecule has 2 atom stereocenters. The van der Waals surface area contributed by atoms with Crippen molar-refractivity contribution in [1.29, 1.82) is 0 Å². The van der Waals surface area contributed by atoms with Gasteiger partial charge in [-0.3, -0.25) is 4.98 Å². The van der Waals surface area contributed by atoms with E-state index in [0.717, 1.165) is 34.3 Å². The van der Waals surface area contributed by atoms with Crippen molar-refractivity contribution in [3.05, 3.63) is 103 Å². The van der Waals surface area contributed by atoms with Crippen molar-refractivity contribution in [2.45, 2.75) is 12.1 Å². The molecule has 1 aliphatic heterocycles. The van der Waals surface area contributed by atoms with Crippen LogP contribution in [0.15, 0.2) is 91.3 Å². The van der Waals surface area contributed by atoms with Gasteiger partial charge in [-0.2, -0.15) is 0 Å². The van der Waals surface area contributed by atoms with Crippen LogP contribution in [-0.2, 0) is 0 Å². The number of thiocarbonyl (C=S) groups is 1. The van der Waals surface area contributed by atoms with Crippen LogP contribution in [0.4, 0.5) is 5.69 Å². The van der Waals surface area contributed by atoms with Crippen molar-refractivity contribution < 1.29 is 9.47 Å². The molecule has 1 fully saturated rings. The first-order chi connectivity index (χ1) is 16.2. The number of anilines is 1. The van der Waals surface area contributed by atoms with Gasteiger partial charge in [0.05, 0.1) is 31.6 Å². The smallest absolute Gasteiger partial charge is 0.174 e. The molecular weight excluding hydrogens is 432 g/mol. The van der Waals surface area contributed by atoms with Gasteiger partial charge in [-0.25, -0.2) is 0 Å². The molecule has 0 bridgehead atoms. The zero-order valence-corrected chi connectivity index (χ0v) is 19.2. The van der Waals surface area contributed by atoms with Gasteiger partial charge in [0.15, 0.2) is 5.11 Å². The van der Waals surface area contributed by atoms with Crippen LogP contribution < -0.4 is 19.7 Å². The second-order valence-corrected chi connectivity index (χ2v) is 8.06. The molecule has 33 heavy (non-hydrogen) atoms. The predicted octanol–water partition coefficient (Wildman–Crippen LogP) is 5.07. The molecule has 1 N–H and O–H groups in total. The Morgan fingerprint density at radius 2 is 1.76 bits per heavy atom. The predicted molar refractivity (Wildman–Crippen MR) is 133 cm³/mol. The number of hydrogen-bond acceptors (Lipinski definition) is 4. The third kappa shape index (κ3) is 3.81. The van der Waals surface area contributed by atoms with E-state index >= 15 is 0 Å². The Morgan fingerprint density at radius 3 is 2.55 bits per heavy atom. The first kappa shape index (κ1) is 21.0. The van der Waals surface area contributed by atoms with E-state index in [9.17, 15) is 0 Å². The van der Waals surface area contributed by atoms with Crippen molar-refractivity contribution in [3.63, 3.8) is 0 Å². The largest absolute Gasteiger partial charge is 0.497 e. The van der Waals surface area contributed by atoms with Crippen LogP contribution in [0.25, 0.3) is 5.69 Å². The van der Waals surface area contributed by atoms with Crippen molar-refractivity contribution in [2.75, 3.05) is 19.1 Å². The molecule has 0 radical (unpaired) electrons. The minimum atomic E-state index is -0.153. The molecule has 2 aromatic carbocycles. The Labute approximate surface area is 198 Å². The number of hydrogen-bond donors (Lipinski definition) is 1. The monoisotopic (exact) mass is 456 g/mol. The summed E-state index contributed by atoms with van der Waals surface area (Å²) in [4.78, 5) is 6.78. The molecule has 166 valence electrons. The number of rotatable bonds is 6. The number of para-hydroxylation sites is 2. The van der Waals surface area contributed by atoms with E-state index in [-0.39, 0.29) is 12.1 Å². The zero-order valence-electron chi connectivity index (χ0n) is 18.4. The SMILES string of the molecule is COc1cccc(N2C(=S)N[C@H](c3ccccn3)[C@@H]2c2cccn2-c2ccccc2OC)c1. The first-order valence-electron chi connectivity index (χ1n) is 10.7. The summed E-state index contributed by atoms with van der Waals surface area (Å²) in [5.41, 5.74) is 3.89. The molecule has 0 spiro atoms. The summed E-state index contributed by atoms with van der Waals surface area (Å²) >= 11 is 5.85. The Bertz CT molecular complexity index is 1270. The van der Waals surface area contributed by atoms with E-state index in [1.54, 1.807) is 14.2 Å². The highest BCUT2D eigenvalue weighted by atomic mass is 32.1. The quantitative estimate of drug-likeness (QED) is 0.409. The topological polar surface area (TPSA) is 51.5 Å². The van der Waals surface area contributed by atoms with Crippen LogP contribution >= 0.6 is 12.2 Å². The van der Waals surface area contributed by atoms with Gasteiger partial charge < -0.3 is 24.3 Å². The van der Waals surface area contributed by atoms with Gasteiger partial charge in [0.2, 0.25) is 0 Å². The number of nitrogens with one attached hydrogen (secondary N) is 1. The molecule has 4 aromatic rings. The summed E-state index contributed by atoms with van der Waals surface area (Å²) in [6.07, 6.45) is 3.86.